The summed E-state index contributed by atoms with van der Waals surface area (Å²) in [5.74, 6) is -0.438. The molecule has 1 aromatic carbocycles. The first-order valence-electron chi connectivity index (χ1n) is 5.02. The molecule has 0 aliphatic rings. The number of nitrogens with two attached hydrogens (primary N) is 1. The van der Waals surface area contributed by atoms with Crippen LogP contribution < -0.4 is 15.8 Å². The Hall–Kier alpha value is -1.60. The third-order valence-electron chi connectivity index (χ3n) is 2.13. The van der Waals surface area contributed by atoms with Crippen LogP contribution in [0.1, 0.15) is 6.42 Å². The average Bonchev–Trinajstić information content (AvgIpc) is 2.29. The molecule has 94 valence electrons. The molecule has 0 spiro atoms. The van der Waals surface area contributed by atoms with Crippen LogP contribution in [0.5, 0.6) is 0 Å². The minimum absolute atomic E-state index is 0.145. The first-order chi connectivity index (χ1) is 7.97. The monoisotopic (exact) mass is 257 g/mol. The van der Waals surface area contributed by atoms with Crippen LogP contribution in [-0.4, -0.2) is 27.9 Å². The first-order valence-corrected chi connectivity index (χ1v) is 6.50. The van der Waals surface area contributed by atoms with Gasteiger partial charge in [0, 0.05) is 13.0 Å². The lowest BCUT2D eigenvalue weighted by atomic mass is 10.3. The van der Waals surface area contributed by atoms with Crippen LogP contribution in [0.15, 0.2) is 29.2 Å². The second kappa shape index (κ2) is 5.65. The number of rotatable bonds is 6. The fraction of sp³-hybridized carbons (Fsp3) is 0.300. The van der Waals surface area contributed by atoms with E-state index in [1.807, 2.05) is 0 Å². The zero-order valence-corrected chi connectivity index (χ0v) is 10.3. The zero-order valence-electron chi connectivity index (χ0n) is 9.43. The van der Waals surface area contributed by atoms with Crippen LogP contribution in [0, 0.1) is 0 Å². The zero-order chi connectivity index (χ0) is 12.9. The molecule has 0 aliphatic heterocycles. The molecule has 0 saturated carbocycles. The molecule has 0 radical (unpaired) electrons. The lowest BCUT2D eigenvalue weighted by molar-refractivity contribution is -0.117. The van der Waals surface area contributed by atoms with Crippen molar-refractivity contribution in [1.29, 1.82) is 0 Å². The van der Waals surface area contributed by atoms with Gasteiger partial charge in [-0.25, -0.2) is 13.1 Å². The summed E-state index contributed by atoms with van der Waals surface area (Å²) < 4.78 is 25.6. The van der Waals surface area contributed by atoms with Gasteiger partial charge >= 0.3 is 0 Å². The van der Waals surface area contributed by atoms with Gasteiger partial charge in [0.15, 0.2) is 0 Å². The summed E-state index contributed by atoms with van der Waals surface area (Å²) in [5.41, 5.74) is 5.44. The predicted molar refractivity (Wildman–Crippen MR) is 65.0 cm³/mol. The Labute approximate surface area is 100 Å². The number of carbonyl (C=O) groups excluding carboxylic acids is 1. The van der Waals surface area contributed by atoms with Gasteiger partial charge in [0.05, 0.1) is 5.69 Å². The van der Waals surface area contributed by atoms with E-state index >= 15 is 0 Å². The number of hydrogen-bond acceptors (Lipinski definition) is 4. The Kier molecular flexibility index (Phi) is 4.47. The SMILES string of the molecule is CNS(=O)(=O)c1ccccc1NCCC(N)=O. The van der Waals surface area contributed by atoms with Crippen molar-refractivity contribution in [3.05, 3.63) is 24.3 Å². The van der Waals surface area contributed by atoms with E-state index in [9.17, 15) is 13.2 Å². The van der Waals surface area contributed by atoms with Gasteiger partial charge < -0.3 is 11.1 Å². The second-order valence-electron chi connectivity index (χ2n) is 3.35. The van der Waals surface area contributed by atoms with Crippen LogP contribution >= 0.6 is 0 Å². The number of nitrogens with one attached hydrogen (secondary N) is 2. The Balaban J connectivity index is 2.89. The molecule has 1 rings (SSSR count). The maximum absolute atomic E-state index is 11.7. The van der Waals surface area contributed by atoms with Crippen molar-refractivity contribution in [1.82, 2.24) is 4.72 Å². The van der Waals surface area contributed by atoms with Gasteiger partial charge in [-0.15, -0.1) is 0 Å². The summed E-state index contributed by atoms with van der Waals surface area (Å²) in [4.78, 5) is 10.7. The van der Waals surface area contributed by atoms with E-state index in [1.54, 1.807) is 18.2 Å². The Morgan fingerprint density at radius 2 is 2.00 bits per heavy atom. The highest BCUT2D eigenvalue weighted by Crippen LogP contribution is 2.19. The Bertz CT molecular complexity index is 499. The van der Waals surface area contributed by atoms with Gasteiger partial charge in [-0.3, -0.25) is 4.79 Å². The van der Waals surface area contributed by atoms with E-state index in [4.69, 9.17) is 5.73 Å². The van der Waals surface area contributed by atoms with Gasteiger partial charge in [-0.2, -0.15) is 0 Å². The standard InChI is InChI=1S/C10H15N3O3S/c1-12-17(15,16)9-5-3-2-4-8(9)13-7-6-10(11)14/h2-5,12-13H,6-7H2,1H3,(H2,11,14). The number of para-hydroxylation sites is 1. The molecule has 0 saturated heterocycles. The predicted octanol–water partition coefficient (Wildman–Crippen LogP) is -0.118. The van der Waals surface area contributed by atoms with E-state index in [-0.39, 0.29) is 11.3 Å². The number of primary amides is 1. The summed E-state index contributed by atoms with van der Waals surface area (Å²) in [7, 11) is -2.17. The fourth-order valence-corrected chi connectivity index (χ4v) is 2.18. The van der Waals surface area contributed by atoms with E-state index in [0.29, 0.717) is 12.2 Å². The van der Waals surface area contributed by atoms with Crippen LogP contribution in [0.3, 0.4) is 0 Å². The molecule has 4 N–H and O–H groups in total. The number of sulfonamides is 1. The third kappa shape index (κ3) is 3.72. The van der Waals surface area contributed by atoms with Crippen molar-refractivity contribution in [2.24, 2.45) is 5.73 Å². The van der Waals surface area contributed by atoms with E-state index in [2.05, 4.69) is 10.0 Å². The smallest absolute Gasteiger partial charge is 0.242 e. The van der Waals surface area contributed by atoms with E-state index in [0.717, 1.165) is 0 Å². The number of benzene rings is 1. The molecule has 7 heteroatoms. The molecule has 1 aromatic rings. The maximum atomic E-state index is 11.7. The summed E-state index contributed by atoms with van der Waals surface area (Å²) in [6, 6.07) is 6.45. The fourth-order valence-electron chi connectivity index (χ4n) is 1.28. The summed E-state index contributed by atoms with van der Waals surface area (Å²) in [6.45, 7) is 0.297. The molecule has 6 nitrogen and oxygen atoms in total. The molecule has 1 amide bonds. The summed E-state index contributed by atoms with van der Waals surface area (Å²) >= 11 is 0. The summed E-state index contributed by atoms with van der Waals surface area (Å²) in [5, 5.41) is 2.87. The van der Waals surface area contributed by atoms with Crippen LogP contribution in [0.25, 0.3) is 0 Å². The van der Waals surface area contributed by atoms with Gasteiger partial charge in [-0.05, 0) is 19.2 Å². The van der Waals surface area contributed by atoms with E-state index in [1.165, 1.54) is 13.1 Å². The highest BCUT2D eigenvalue weighted by molar-refractivity contribution is 7.89. The van der Waals surface area contributed by atoms with Crippen molar-refractivity contribution in [2.75, 3.05) is 18.9 Å². The lowest BCUT2D eigenvalue weighted by Gasteiger charge is -2.11. The molecule has 0 atom stereocenters. The minimum Gasteiger partial charge on any atom is -0.383 e. The normalized spacial score (nSPS) is 11.1. The van der Waals surface area contributed by atoms with Crippen LogP contribution in [0.4, 0.5) is 5.69 Å². The Morgan fingerprint density at radius 3 is 2.59 bits per heavy atom. The van der Waals surface area contributed by atoms with Crippen LogP contribution in [-0.2, 0) is 14.8 Å². The van der Waals surface area contributed by atoms with Gasteiger partial charge in [0.1, 0.15) is 4.90 Å². The molecule has 0 heterocycles. The highest BCUT2D eigenvalue weighted by Gasteiger charge is 2.15. The number of carbonyl (C=O) groups is 1. The maximum Gasteiger partial charge on any atom is 0.242 e. The molecule has 17 heavy (non-hydrogen) atoms. The van der Waals surface area contributed by atoms with Gasteiger partial charge in [0.2, 0.25) is 15.9 Å². The third-order valence-corrected chi connectivity index (χ3v) is 3.60. The van der Waals surface area contributed by atoms with Crippen molar-refractivity contribution in [3.8, 4) is 0 Å². The van der Waals surface area contributed by atoms with Gasteiger partial charge in [0.25, 0.3) is 0 Å². The van der Waals surface area contributed by atoms with Crippen LogP contribution in [0.2, 0.25) is 0 Å². The average molecular weight is 257 g/mol. The largest absolute Gasteiger partial charge is 0.383 e. The van der Waals surface area contributed by atoms with Gasteiger partial charge in [-0.1, -0.05) is 12.1 Å². The number of anilines is 1. The minimum atomic E-state index is -3.51. The summed E-state index contributed by atoms with van der Waals surface area (Å²) in [6.07, 6.45) is 0.147. The molecular formula is C10H15N3O3S. The number of hydrogen-bond donors (Lipinski definition) is 3. The van der Waals surface area contributed by atoms with Crippen molar-refractivity contribution < 1.29 is 13.2 Å². The quantitative estimate of drug-likeness (QED) is 0.661. The lowest BCUT2D eigenvalue weighted by Crippen LogP contribution is -2.21. The first kappa shape index (κ1) is 13.5. The Morgan fingerprint density at radius 1 is 1.35 bits per heavy atom. The molecule has 0 aliphatic carbocycles. The molecule has 0 fully saturated rings. The van der Waals surface area contributed by atoms with Crippen molar-refractivity contribution >= 4 is 21.6 Å². The second-order valence-corrected chi connectivity index (χ2v) is 5.20. The topological polar surface area (TPSA) is 101 Å². The molecule has 0 bridgehead atoms. The highest BCUT2D eigenvalue weighted by atomic mass is 32.2. The number of amides is 1. The van der Waals surface area contributed by atoms with E-state index < -0.39 is 15.9 Å². The molecule has 0 aromatic heterocycles. The van der Waals surface area contributed by atoms with Crippen molar-refractivity contribution in [3.63, 3.8) is 0 Å². The molecule has 0 unspecified atom stereocenters. The van der Waals surface area contributed by atoms with Crippen molar-refractivity contribution in [2.45, 2.75) is 11.3 Å². The molecular weight excluding hydrogens is 242 g/mol.